The summed E-state index contributed by atoms with van der Waals surface area (Å²) in [7, 11) is 0. The zero-order chi connectivity index (χ0) is 9.78. The van der Waals surface area contributed by atoms with Crippen molar-refractivity contribution in [1.82, 2.24) is 5.48 Å². The first-order valence-electron chi connectivity index (χ1n) is 3.52. The molecular formula is C7H13NO4. The number of rotatable bonds is 4. The third-order valence-electron chi connectivity index (χ3n) is 1.39. The summed E-state index contributed by atoms with van der Waals surface area (Å²) in [6, 6.07) is 0. The Morgan fingerprint density at radius 1 is 1.33 bits per heavy atom. The predicted molar refractivity (Wildman–Crippen MR) is 40.6 cm³/mol. The lowest BCUT2D eigenvalue weighted by Gasteiger charge is -2.20. The van der Waals surface area contributed by atoms with E-state index in [2.05, 4.69) is 0 Å². The maximum Gasteiger partial charge on any atom is 0.303 e. The fourth-order valence-electron chi connectivity index (χ4n) is 0.946. The van der Waals surface area contributed by atoms with Crippen molar-refractivity contribution in [2.45, 2.75) is 26.7 Å². The molecular weight excluding hydrogens is 162 g/mol. The van der Waals surface area contributed by atoms with Crippen LogP contribution in [0.1, 0.15) is 26.7 Å². The van der Waals surface area contributed by atoms with E-state index in [0.29, 0.717) is 0 Å². The highest BCUT2D eigenvalue weighted by atomic mass is 16.5. The molecule has 70 valence electrons. The summed E-state index contributed by atoms with van der Waals surface area (Å²) in [5.41, 5.74) is 0.836. The number of carboxylic acid groups (broad SMARTS) is 1. The van der Waals surface area contributed by atoms with Gasteiger partial charge in [0.05, 0.1) is 6.42 Å². The fraction of sp³-hybridized carbons (Fsp3) is 0.714. The summed E-state index contributed by atoms with van der Waals surface area (Å²) in [5, 5.41) is 16.6. The molecule has 0 heterocycles. The number of carbonyl (C=O) groups is 2. The summed E-state index contributed by atoms with van der Waals surface area (Å²) in [6.45, 7) is 3.30. The van der Waals surface area contributed by atoms with Gasteiger partial charge in [0.1, 0.15) is 0 Å². The molecule has 0 spiro atoms. The molecule has 0 unspecified atom stereocenters. The maximum absolute atomic E-state index is 10.7. The highest BCUT2D eigenvalue weighted by molar-refractivity contribution is 5.76. The second-order valence-corrected chi connectivity index (χ2v) is 3.45. The summed E-state index contributed by atoms with van der Waals surface area (Å²) in [4.78, 5) is 20.9. The number of hydrogen-bond acceptors (Lipinski definition) is 3. The first-order valence-corrected chi connectivity index (χ1v) is 3.52. The molecule has 0 aliphatic rings. The van der Waals surface area contributed by atoms with Crippen LogP contribution in [0.5, 0.6) is 0 Å². The van der Waals surface area contributed by atoms with E-state index in [1.165, 1.54) is 5.48 Å². The molecule has 0 bridgehead atoms. The van der Waals surface area contributed by atoms with Crippen molar-refractivity contribution >= 4 is 11.9 Å². The van der Waals surface area contributed by atoms with Crippen LogP contribution in [0.3, 0.4) is 0 Å². The molecule has 0 aliphatic carbocycles. The normalized spacial score (nSPS) is 10.9. The van der Waals surface area contributed by atoms with Crippen molar-refractivity contribution in [2.75, 3.05) is 0 Å². The lowest BCUT2D eigenvalue weighted by molar-refractivity contribution is -0.140. The summed E-state index contributed by atoms with van der Waals surface area (Å²) in [5.74, 6) is -1.52. The Labute approximate surface area is 70.3 Å². The molecule has 5 heteroatoms. The van der Waals surface area contributed by atoms with Crippen LogP contribution < -0.4 is 5.48 Å². The fourth-order valence-corrected chi connectivity index (χ4v) is 0.946. The number of nitrogens with one attached hydrogen (secondary N) is 1. The van der Waals surface area contributed by atoms with E-state index in [1.807, 2.05) is 0 Å². The van der Waals surface area contributed by atoms with E-state index in [9.17, 15) is 9.59 Å². The summed E-state index contributed by atoms with van der Waals surface area (Å²) >= 11 is 0. The Morgan fingerprint density at radius 2 is 1.83 bits per heavy atom. The second kappa shape index (κ2) is 4.06. The Kier molecular flexibility index (Phi) is 3.69. The number of carbonyl (C=O) groups excluding carboxylic acids is 1. The van der Waals surface area contributed by atoms with Gasteiger partial charge in [0.25, 0.3) is 0 Å². The molecule has 0 saturated heterocycles. The SMILES string of the molecule is CC(C)(CC(=O)O)CC(=O)NO. The standard InChI is InChI=1S/C7H13NO4/c1-7(2,4-6(10)11)3-5(9)8-12/h12H,3-4H2,1-2H3,(H,8,9)(H,10,11). The topological polar surface area (TPSA) is 86.6 Å². The predicted octanol–water partition coefficient (Wildman–Crippen LogP) is 0.383. The van der Waals surface area contributed by atoms with Crippen LogP contribution in [0.25, 0.3) is 0 Å². The smallest absolute Gasteiger partial charge is 0.303 e. The van der Waals surface area contributed by atoms with E-state index in [0.717, 1.165) is 0 Å². The lowest BCUT2D eigenvalue weighted by atomic mass is 9.85. The van der Waals surface area contributed by atoms with Crippen LogP contribution in [-0.2, 0) is 9.59 Å². The first kappa shape index (κ1) is 10.9. The van der Waals surface area contributed by atoms with Gasteiger partial charge in [0.15, 0.2) is 0 Å². The van der Waals surface area contributed by atoms with Crippen molar-refractivity contribution in [2.24, 2.45) is 5.41 Å². The van der Waals surface area contributed by atoms with Crippen LogP contribution in [0, 0.1) is 5.41 Å². The molecule has 0 saturated carbocycles. The Morgan fingerprint density at radius 3 is 2.17 bits per heavy atom. The minimum Gasteiger partial charge on any atom is -0.481 e. The van der Waals surface area contributed by atoms with E-state index >= 15 is 0 Å². The summed E-state index contributed by atoms with van der Waals surface area (Å²) < 4.78 is 0. The van der Waals surface area contributed by atoms with E-state index < -0.39 is 17.3 Å². The zero-order valence-electron chi connectivity index (χ0n) is 7.13. The molecule has 0 aromatic carbocycles. The highest BCUT2D eigenvalue weighted by Gasteiger charge is 2.24. The van der Waals surface area contributed by atoms with Gasteiger partial charge in [-0.1, -0.05) is 13.8 Å². The monoisotopic (exact) mass is 175 g/mol. The molecule has 0 aliphatic heterocycles. The third kappa shape index (κ3) is 4.68. The zero-order valence-corrected chi connectivity index (χ0v) is 7.13. The third-order valence-corrected chi connectivity index (χ3v) is 1.39. The molecule has 0 atom stereocenters. The van der Waals surface area contributed by atoms with Crippen molar-refractivity contribution in [3.05, 3.63) is 0 Å². The molecule has 0 rings (SSSR count). The van der Waals surface area contributed by atoms with E-state index in [4.69, 9.17) is 10.3 Å². The van der Waals surface area contributed by atoms with Crippen LogP contribution >= 0.6 is 0 Å². The van der Waals surface area contributed by atoms with Crippen LogP contribution in [-0.4, -0.2) is 22.2 Å². The number of aliphatic carboxylic acids is 1. The molecule has 5 nitrogen and oxygen atoms in total. The van der Waals surface area contributed by atoms with E-state index in [1.54, 1.807) is 13.8 Å². The van der Waals surface area contributed by atoms with Crippen molar-refractivity contribution < 1.29 is 19.9 Å². The molecule has 0 aromatic rings. The van der Waals surface area contributed by atoms with Gasteiger partial charge >= 0.3 is 5.97 Å². The van der Waals surface area contributed by atoms with Crippen molar-refractivity contribution in [3.8, 4) is 0 Å². The Balaban J connectivity index is 4.03. The molecule has 1 amide bonds. The average Bonchev–Trinajstić information content (AvgIpc) is 1.83. The molecule has 12 heavy (non-hydrogen) atoms. The van der Waals surface area contributed by atoms with Crippen LogP contribution in [0.2, 0.25) is 0 Å². The Hall–Kier alpha value is -1.10. The van der Waals surface area contributed by atoms with Gasteiger partial charge < -0.3 is 5.11 Å². The maximum atomic E-state index is 10.7. The number of carboxylic acids is 1. The number of hydrogen-bond donors (Lipinski definition) is 3. The van der Waals surface area contributed by atoms with E-state index in [-0.39, 0.29) is 12.8 Å². The highest BCUT2D eigenvalue weighted by Crippen LogP contribution is 2.24. The van der Waals surface area contributed by atoms with Gasteiger partial charge in [-0.2, -0.15) is 0 Å². The molecule has 0 fully saturated rings. The Bertz CT molecular complexity index is 188. The van der Waals surface area contributed by atoms with Gasteiger partial charge in [0, 0.05) is 6.42 Å². The van der Waals surface area contributed by atoms with Crippen LogP contribution in [0.4, 0.5) is 0 Å². The average molecular weight is 175 g/mol. The molecule has 0 radical (unpaired) electrons. The van der Waals surface area contributed by atoms with Gasteiger partial charge in [-0.25, -0.2) is 5.48 Å². The van der Waals surface area contributed by atoms with Gasteiger partial charge in [0.2, 0.25) is 5.91 Å². The minimum absolute atomic E-state index is 0.00417. The van der Waals surface area contributed by atoms with Crippen molar-refractivity contribution in [3.63, 3.8) is 0 Å². The summed E-state index contributed by atoms with van der Waals surface area (Å²) in [6.07, 6.45) is -0.101. The minimum atomic E-state index is -0.953. The molecule has 3 N–H and O–H groups in total. The van der Waals surface area contributed by atoms with Crippen molar-refractivity contribution in [1.29, 1.82) is 0 Å². The quantitative estimate of drug-likeness (QED) is 0.426. The van der Waals surface area contributed by atoms with Gasteiger partial charge in [-0.15, -0.1) is 0 Å². The molecule has 0 aromatic heterocycles. The lowest BCUT2D eigenvalue weighted by Crippen LogP contribution is -2.27. The van der Waals surface area contributed by atoms with Crippen LogP contribution in [0.15, 0.2) is 0 Å². The van der Waals surface area contributed by atoms with Gasteiger partial charge in [-0.3, -0.25) is 14.8 Å². The number of amides is 1. The largest absolute Gasteiger partial charge is 0.481 e. The second-order valence-electron chi connectivity index (χ2n) is 3.45. The first-order chi connectivity index (χ1) is 5.37. The number of hydroxylamine groups is 1. The van der Waals surface area contributed by atoms with Gasteiger partial charge in [-0.05, 0) is 5.41 Å².